The number of aromatic nitrogens is 2. The van der Waals surface area contributed by atoms with Crippen LogP contribution < -0.4 is 15.5 Å². The third-order valence-electron chi connectivity index (χ3n) is 9.11. The number of fused-ring (bicyclic) bond motifs is 3. The highest BCUT2D eigenvalue weighted by Crippen LogP contribution is 2.56. The molecular weight excluding hydrogens is 454 g/mol. The molecule has 5 heteroatoms. The van der Waals surface area contributed by atoms with Gasteiger partial charge in [0.25, 0.3) is 0 Å². The Balaban J connectivity index is 1.57. The number of hydrogen-bond acceptors (Lipinski definition) is 5. The highest BCUT2D eigenvalue weighted by atomic mass is 15.3. The Bertz CT molecular complexity index is 1230. The van der Waals surface area contributed by atoms with Crippen LogP contribution in [0, 0.1) is 0 Å². The summed E-state index contributed by atoms with van der Waals surface area (Å²) in [6, 6.07) is 18.9. The van der Waals surface area contributed by atoms with Crippen LogP contribution in [0.5, 0.6) is 0 Å². The first-order valence-electron chi connectivity index (χ1n) is 14.4. The maximum absolute atomic E-state index is 5.09. The Kier molecular flexibility index (Phi) is 6.76. The van der Waals surface area contributed by atoms with E-state index in [-0.39, 0.29) is 5.41 Å². The van der Waals surface area contributed by atoms with Gasteiger partial charge in [-0.2, -0.15) is 0 Å². The summed E-state index contributed by atoms with van der Waals surface area (Å²) in [5.74, 6) is 1.71. The summed E-state index contributed by atoms with van der Waals surface area (Å²) in [6.45, 7) is 9.82. The Labute approximate surface area is 222 Å². The van der Waals surface area contributed by atoms with Gasteiger partial charge in [0.05, 0.1) is 0 Å². The van der Waals surface area contributed by atoms with Gasteiger partial charge < -0.3 is 15.5 Å². The summed E-state index contributed by atoms with van der Waals surface area (Å²) >= 11 is 0. The highest BCUT2D eigenvalue weighted by Gasteiger charge is 2.53. The molecule has 0 saturated carbocycles. The summed E-state index contributed by atoms with van der Waals surface area (Å²) in [4.78, 5) is 12.5. The molecule has 0 amide bonds. The lowest BCUT2D eigenvalue weighted by Gasteiger charge is -2.43. The van der Waals surface area contributed by atoms with Crippen LogP contribution in [0.1, 0.15) is 80.3 Å². The SMILES string of the molecule is CC[C@@H]1CCc2ncnc(N3c4cccc(CNC(C)C)c4C4(CCNCC4)[C@H]3Cc3ccccc3)c21. The molecule has 0 unspecified atom stereocenters. The Morgan fingerprint density at radius 2 is 1.86 bits per heavy atom. The zero-order valence-electron chi connectivity index (χ0n) is 22.6. The minimum Gasteiger partial charge on any atom is -0.321 e. The molecular formula is C32H41N5. The molecule has 6 rings (SSSR count). The van der Waals surface area contributed by atoms with E-state index in [4.69, 9.17) is 9.97 Å². The third-order valence-corrected chi connectivity index (χ3v) is 9.11. The van der Waals surface area contributed by atoms with Crippen molar-refractivity contribution in [2.45, 2.75) is 89.3 Å². The molecule has 2 aromatic carbocycles. The summed E-state index contributed by atoms with van der Waals surface area (Å²) in [6.07, 6.45) is 8.54. The van der Waals surface area contributed by atoms with Crippen molar-refractivity contribution in [2.75, 3.05) is 18.0 Å². The van der Waals surface area contributed by atoms with E-state index in [1.807, 2.05) is 6.33 Å². The Morgan fingerprint density at radius 3 is 2.62 bits per heavy atom. The van der Waals surface area contributed by atoms with Gasteiger partial charge in [0.2, 0.25) is 0 Å². The molecule has 3 heterocycles. The van der Waals surface area contributed by atoms with Gasteiger partial charge in [-0.25, -0.2) is 9.97 Å². The number of anilines is 2. The van der Waals surface area contributed by atoms with E-state index in [0.717, 1.165) is 51.7 Å². The van der Waals surface area contributed by atoms with Crippen molar-refractivity contribution in [3.05, 3.63) is 82.8 Å². The van der Waals surface area contributed by atoms with Crippen LogP contribution >= 0.6 is 0 Å². The summed E-state index contributed by atoms with van der Waals surface area (Å²) in [5, 5.41) is 7.40. The molecule has 2 atom stereocenters. The number of hydrogen-bond donors (Lipinski definition) is 2. The summed E-state index contributed by atoms with van der Waals surface area (Å²) in [7, 11) is 0. The second-order valence-corrected chi connectivity index (χ2v) is 11.5. The molecule has 3 aromatic rings. The quantitative estimate of drug-likeness (QED) is 0.434. The Morgan fingerprint density at radius 1 is 1.05 bits per heavy atom. The highest BCUT2D eigenvalue weighted by molar-refractivity contribution is 5.77. The van der Waals surface area contributed by atoms with E-state index in [1.54, 1.807) is 5.56 Å². The van der Waals surface area contributed by atoms with Gasteiger partial charge in [-0.15, -0.1) is 0 Å². The van der Waals surface area contributed by atoms with E-state index in [0.29, 0.717) is 18.0 Å². The van der Waals surface area contributed by atoms with Crippen LogP contribution in [-0.2, 0) is 24.8 Å². The van der Waals surface area contributed by atoms with Crippen LogP contribution in [0.3, 0.4) is 0 Å². The van der Waals surface area contributed by atoms with Gasteiger partial charge in [0.1, 0.15) is 12.1 Å². The summed E-state index contributed by atoms with van der Waals surface area (Å²) in [5.41, 5.74) is 8.54. The maximum atomic E-state index is 5.09. The average molecular weight is 496 g/mol. The van der Waals surface area contributed by atoms with Crippen LogP contribution in [0.4, 0.5) is 11.5 Å². The molecule has 194 valence electrons. The molecule has 1 aliphatic carbocycles. The van der Waals surface area contributed by atoms with Crippen molar-refractivity contribution >= 4 is 11.5 Å². The fourth-order valence-corrected chi connectivity index (χ4v) is 7.34. The zero-order chi connectivity index (χ0) is 25.4. The van der Waals surface area contributed by atoms with Crippen LogP contribution in [0.2, 0.25) is 0 Å². The minimum absolute atomic E-state index is 0.0871. The van der Waals surface area contributed by atoms with E-state index in [1.165, 1.54) is 40.3 Å². The first kappa shape index (κ1) is 24.6. The molecule has 1 aromatic heterocycles. The predicted molar refractivity (Wildman–Crippen MR) is 152 cm³/mol. The molecule has 37 heavy (non-hydrogen) atoms. The number of piperidine rings is 1. The molecule has 1 saturated heterocycles. The molecule has 0 radical (unpaired) electrons. The minimum atomic E-state index is 0.0871. The first-order chi connectivity index (χ1) is 18.1. The first-order valence-corrected chi connectivity index (χ1v) is 14.4. The van der Waals surface area contributed by atoms with E-state index < -0.39 is 0 Å². The molecule has 1 spiro atoms. The van der Waals surface area contributed by atoms with Gasteiger partial charge >= 0.3 is 0 Å². The van der Waals surface area contributed by atoms with Gasteiger partial charge in [-0.1, -0.05) is 63.2 Å². The zero-order valence-corrected chi connectivity index (χ0v) is 22.6. The number of rotatable bonds is 7. The van der Waals surface area contributed by atoms with Crippen molar-refractivity contribution in [2.24, 2.45) is 0 Å². The van der Waals surface area contributed by atoms with Gasteiger partial charge in [0.15, 0.2) is 0 Å². The van der Waals surface area contributed by atoms with Crippen LogP contribution in [0.25, 0.3) is 0 Å². The number of nitrogens with one attached hydrogen (secondary N) is 2. The lowest BCUT2D eigenvalue weighted by atomic mass is 9.67. The van der Waals surface area contributed by atoms with Crippen molar-refractivity contribution in [3.63, 3.8) is 0 Å². The van der Waals surface area contributed by atoms with Crippen molar-refractivity contribution in [1.82, 2.24) is 20.6 Å². The van der Waals surface area contributed by atoms with Crippen LogP contribution in [0.15, 0.2) is 54.9 Å². The number of benzene rings is 2. The van der Waals surface area contributed by atoms with Crippen molar-refractivity contribution in [3.8, 4) is 0 Å². The number of nitrogens with zero attached hydrogens (tertiary/aromatic N) is 3. The second-order valence-electron chi connectivity index (χ2n) is 11.5. The average Bonchev–Trinajstić information content (AvgIpc) is 3.46. The number of aryl methyl sites for hydroxylation is 1. The summed E-state index contributed by atoms with van der Waals surface area (Å²) < 4.78 is 0. The van der Waals surface area contributed by atoms with Crippen molar-refractivity contribution < 1.29 is 0 Å². The Hall–Kier alpha value is -2.76. The molecule has 5 nitrogen and oxygen atoms in total. The molecule has 2 aliphatic heterocycles. The molecule has 1 fully saturated rings. The molecule has 3 aliphatic rings. The van der Waals surface area contributed by atoms with E-state index in [9.17, 15) is 0 Å². The topological polar surface area (TPSA) is 53.1 Å². The largest absolute Gasteiger partial charge is 0.321 e. The van der Waals surface area contributed by atoms with E-state index in [2.05, 4.69) is 84.8 Å². The van der Waals surface area contributed by atoms with Crippen LogP contribution in [-0.4, -0.2) is 35.1 Å². The normalized spacial score (nSPS) is 22.0. The lowest BCUT2D eigenvalue weighted by Crippen LogP contribution is -2.51. The van der Waals surface area contributed by atoms with Gasteiger partial charge in [0, 0.05) is 41.0 Å². The fraction of sp³-hybridized carbons (Fsp3) is 0.500. The standard InChI is InChI=1S/C32H41N5/c1-4-24-13-14-26-29(24)31(36-21-35-26)37-27-12-8-11-25(20-34-22(2)3)30(27)32(15-17-33-18-16-32)28(37)19-23-9-6-5-7-10-23/h5-12,21-22,24,28,33-34H,4,13-20H2,1-3H3/t24-,28-/m1/s1. The second kappa shape index (κ2) is 10.2. The lowest BCUT2D eigenvalue weighted by molar-refractivity contribution is 0.267. The van der Waals surface area contributed by atoms with Crippen molar-refractivity contribution in [1.29, 1.82) is 0 Å². The van der Waals surface area contributed by atoms with E-state index >= 15 is 0 Å². The fourth-order valence-electron chi connectivity index (χ4n) is 7.34. The maximum Gasteiger partial charge on any atom is 0.140 e. The monoisotopic (exact) mass is 495 g/mol. The van der Waals surface area contributed by atoms with Gasteiger partial charge in [-0.05, 0) is 80.3 Å². The molecule has 2 N–H and O–H groups in total. The molecule has 0 bridgehead atoms. The van der Waals surface area contributed by atoms with Gasteiger partial charge in [-0.3, -0.25) is 0 Å². The predicted octanol–water partition coefficient (Wildman–Crippen LogP) is 5.80. The third kappa shape index (κ3) is 4.26. The smallest absolute Gasteiger partial charge is 0.140 e.